The Kier molecular flexibility index (Phi) is 10.2. The molecule has 14 heavy (non-hydrogen) atoms. The highest BCUT2D eigenvalue weighted by atomic mass is 127. The summed E-state index contributed by atoms with van der Waals surface area (Å²) in [4.78, 5) is 3.26. The number of nitrogens with one attached hydrogen (secondary N) is 1. The molecule has 0 spiro atoms. The van der Waals surface area contributed by atoms with Crippen LogP contribution in [-0.4, -0.2) is 4.98 Å². The molecule has 1 rings (SSSR count). The van der Waals surface area contributed by atoms with Gasteiger partial charge in [-0.3, -0.25) is 0 Å². The predicted octanol–water partition coefficient (Wildman–Crippen LogP) is -1.14. The van der Waals surface area contributed by atoms with Gasteiger partial charge in [-0.2, -0.15) is 5.26 Å². The molecule has 0 saturated carbocycles. The normalized spacial score (nSPS) is 7.93. The highest BCUT2D eigenvalue weighted by Crippen LogP contribution is 1.90. The van der Waals surface area contributed by atoms with E-state index >= 15 is 0 Å². The quantitative estimate of drug-likeness (QED) is 0.545. The van der Waals surface area contributed by atoms with Gasteiger partial charge >= 0.3 is 0 Å². The molecule has 0 aliphatic carbocycles. The lowest BCUT2D eigenvalue weighted by Crippen LogP contribution is -3.00. The van der Waals surface area contributed by atoms with Crippen molar-refractivity contribution in [1.82, 2.24) is 4.98 Å². The Morgan fingerprint density at radius 3 is 2.29 bits per heavy atom. The van der Waals surface area contributed by atoms with Crippen LogP contribution in [0.25, 0.3) is 0 Å². The molecule has 0 fully saturated rings. The molecular formula is C10H18IN3. The maximum absolute atomic E-state index is 7.32. The topological polar surface area (TPSA) is 43.5 Å². The summed E-state index contributed by atoms with van der Waals surface area (Å²) in [5.74, 6) is 1.25. The van der Waals surface area contributed by atoms with Crippen LogP contribution in [0.2, 0.25) is 0 Å². The summed E-state index contributed by atoms with van der Waals surface area (Å²) in [7, 11) is 0. The van der Waals surface area contributed by atoms with Crippen LogP contribution in [0.1, 0.15) is 31.8 Å². The van der Waals surface area contributed by atoms with Crippen LogP contribution in [-0.2, 0) is 6.54 Å². The Bertz CT molecular complexity index is 286. The van der Waals surface area contributed by atoms with Crippen LogP contribution in [0, 0.1) is 25.2 Å². The van der Waals surface area contributed by atoms with Crippen molar-refractivity contribution in [1.29, 1.82) is 5.26 Å². The summed E-state index contributed by atoms with van der Waals surface area (Å²) < 4.78 is 2.25. The van der Waals surface area contributed by atoms with Gasteiger partial charge in [0.2, 0.25) is 0 Å². The number of nitriles is 1. The number of halogens is 1. The highest BCUT2D eigenvalue weighted by Gasteiger charge is 2.05. The van der Waals surface area contributed by atoms with Crippen molar-refractivity contribution >= 4 is 0 Å². The number of H-pyrrole nitrogens is 1. The monoisotopic (exact) mass is 307 g/mol. The van der Waals surface area contributed by atoms with Crippen LogP contribution in [0.4, 0.5) is 0 Å². The summed E-state index contributed by atoms with van der Waals surface area (Å²) in [5.41, 5.74) is 1.24. The molecule has 0 bridgehead atoms. The Morgan fingerprint density at radius 1 is 1.50 bits per heavy atom. The van der Waals surface area contributed by atoms with E-state index in [9.17, 15) is 0 Å². The largest absolute Gasteiger partial charge is 1.00 e. The maximum Gasteiger partial charge on any atom is 0.251 e. The zero-order chi connectivity index (χ0) is 10.3. The molecule has 1 heterocycles. The second-order valence-corrected chi connectivity index (χ2v) is 2.94. The van der Waals surface area contributed by atoms with E-state index < -0.39 is 0 Å². The van der Waals surface area contributed by atoms with Gasteiger partial charge in [0.25, 0.3) is 5.82 Å². The minimum Gasteiger partial charge on any atom is -1.00 e. The van der Waals surface area contributed by atoms with Crippen LogP contribution in [0.3, 0.4) is 0 Å². The molecule has 0 amide bonds. The molecule has 0 unspecified atom stereocenters. The summed E-state index contributed by atoms with van der Waals surface area (Å²) in [6.07, 6.45) is 3.35. The number of rotatable bonds is 2. The summed E-state index contributed by atoms with van der Waals surface area (Å²) in [5, 5.41) is 7.32. The van der Waals surface area contributed by atoms with E-state index in [1.54, 1.807) is 6.07 Å². The number of nitrogens with zero attached hydrogens (tertiary/aromatic N) is 2. The molecule has 0 radical (unpaired) electrons. The van der Waals surface area contributed by atoms with Crippen molar-refractivity contribution in [2.24, 2.45) is 0 Å². The van der Waals surface area contributed by atoms with E-state index in [1.807, 2.05) is 0 Å². The fraction of sp³-hybridized carbons (Fsp3) is 0.600. The van der Waals surface area contributed by atoms with Gasteiger partial charge in [-0.1, -0.05) is 6.92 Å². The van der Waals surface area contributed by atoms with Crippen LogP contribution < -0.4 is 28.5 Å². The third-order valence-corrected chi connectivity index (χ3v) is 1.62. The van der Waals surface area contributed by atoms with Gasteiger partial charge in [0.1, 0.15) is 11.9 Å². The van der Waals surface area contributed by atoms with E-state index in [0.29, 0.717) is 0 Å². The van der Waals surface area contributed by atoms with Crippen molar-refractivity contribution in [3.63, 3.8) is 0 Å². The fourth-order valence-corrected chi connectivity index (χ4v) is 1.19. The number of hydrogen-bond donors (Lipinski definition) is 1. The molecule has 1 aromatic rings. The first-order chi connectivity index (χ1) is 6.15. The molecule has 0 aliphatic heterocycles. The predicted molar refractivity (Wildman–Crippen MR) is 52.0 cm³/mol. The van der Waals surface area contributed by atoms with Crippen molar-refractivity contribution in [2.45, 2.75) is 40.7 Å². The molecule has 4 heteroatoms. The van der Waals surface area contributed by atoms with Gasteiger partial charge < -0.3 is 24.0 Å². The number of imidazole rings is 1. The average Bonchev–Trinajstić information content (AvgIpc) is 2.33. The van der Waals surface area contributed by atoms with Crippen LogP contribution in [0.15, 0.2) is 6.20 Å². The first kappa shape index (κ1) is 15.9. The Hall–Kier alpha value is -0.570. The fourth-order valence-electron chi connectivity index (χ4n) is 1.19. The standard InChI is InChI=1S/C8H14N2.C2H3N.HI/c1-4-5-10-6-7(2)9-8(10)3;1-2-3;/h6H,4-5H2,1-3H3;1H3;1H. The van der Waals surface area contributed by atoms with Crippen molar-refractivity contribution in [3.8, 4) is 6.07 Å². The number of aromatic nitrogens is 2. The van der Waals surface area contributed by atoms with Crippen molar-refractivity contribution < 1.29 is 28.5 Å². The third kappa shape index (κ3) is 5.97. The van der Waals surface area contributed by atoms with E-state index in [1.165, 1.54) is 24.9 Å². The molecule has 1 N–H and O–H groups in total. The van der Waals surface area contributed by atoms with E-state index in [-0.39, 0.29) is 24.0 Å². The first-order valence-corrected chi connectivity index (χ1v) is 4.52. The smallest absolute Gasteiger partial charge is 0.251 e. The molecular weight excluding hydrogens is 289 g/mol. The minimum atomic E-state index is 0. The molecule has 80 valence electrons. The van der Waals surface area contributed by atoms with Gasteiger partial charge in [0.15, 0.2) is 0 Å². The second kappa shape index (κ2) is 9.00. The van der Waals surface area contributed by atoms with E-state index in [0.717, 1.165) is 6.54 Å². The zero-order valence-electron chi connectivity index (χ0n) is 9.26. The first-order valence-electron chi connectivity index (χ1n) is 4.52. The summed E-state index contributed by atoms with van der Waals surface area (Å²) >= 11 is 0. The van der Waals surface area contributed by atoms with Gasteiger partial charge in [0, 0.05) is 20.8 Å². The highest BCUT2D eigenvalue weighted by molar-refractivity contribution is 4.88. The second-order valence-electron chi connectivity index (χ2n) is 2.94. The number of aromatic amines is 1. The zero-order valence-corrected chi connectivity index (χ0v) is 11.4. The Balaban J connectivity index is 0. The van der Waals surface area contributed by atoms with E-state index in [2.05, 4.69) is 36.5 Å². The summed E-state index contributed by atoms with van der Waals surface area (Å²) in [6, 6.07) is 1.75. The van der Waals surface area contributed by atoms with Gasteiger partial charge in [-0.25, -0.2) is 9.55 Å². The number of hydrogen-bond acceptors (Lipinski definition) is 1. The maximum atomic E-state index is 7.32. The molecule has 0 aliphatic rings. The van der Waals surface area contributed by atoms with Crippen molar-refractivity contribution in [3.05, 3.63) is 17.7 Å². The molecule has 0 atom stereocenters. The van der Waals surface area contributed by atoms with Gasteiger partial charge in [-0.15, -0.1) is 0 Å². The lowest BCUT2D eigenvalue weighted by Gasteiger charge is -1.90. The summed E-state index contributed by atoms with van der Waals surface area (Å²) in [6.45, 7) is 8.92. The lowest BCUT2D eigenvalue weighted by atomic mass is 10.4. The van der Waals surface area contributed by atoms with Crippen LogP contribution in [0.5, 0.6) is 0 Å². The number of aryl methyl sites for hydroxylation is 3. The SMILES string of the molecule is CC#N.CCC[n+]1cc(C)[nH]c1C.[I-]. The molecule has 0 saturated heterocycles. The van der Waals surface area contributed by atoms with Crippen molar-refractivity contribution in [2.75, 3.05) is 0 Å². The Morgan fingerprint density at radius 2 is 2.00 bits per heavy atom. The lowest BCUT2D eigenvalue weighted by molar-refractivity contribution is -0.701. The molecule has 1 aromatic heterocycles. The van der Waals surface area contributed by atoms with Crippen LogP contribution >= 0.6 is 0 Å². The van der Waals surface area contributed by atoms with E-state index in [4.69, 9.17) is 5.26 Å². The van der Waals surface area contributed by atoms with Gasteiger partial charge in [0.05, 0.1) is 12.6 Å². The average molecular weight is 307 g/mol. The minimum absolute atomic E-state index is 0. The van der Waals surface area contributed by atoms with Gasteiger partial charge in [-0.05, 0) is 6.42 Å². The molecule has 0 aromatic carbocycles. The Labute approximate surface area is 103 Å². The third-order valence-electron chi connectivity index (χ3n) is 1.62. The molecule has 3 nitrogen and oxygen atoms in total.